The molecule has 3 aromatic rings. The monoisotopic (exact) mass is 465 g/mol. The van der Waals surface area contributed by atoms with Crippen LogP contribution in [0, 0.1) is 0 Å². The van der Waals surface area contributed by atoms with Crippen LogP contribution >= 0.6 is 0 Å². The lowest BCUT2D eigenvalue weighted by Gasteiger charge is -2.35. The van der Waals surface area contributed by atoms with Crippen LogP contribution in [0.1, 0.15) is 32.6 Å². The summed E-state index contributed by atoms with van der Waals surface area (Å²) in [6, 6.07) is 5.59. The van der Waals surface area contributed by atoms with Gasteiger partial charge >= 0.3 is 0 Å². The first-order chi connectivity index (χ1) is 16.5. The van der Waals surface area contributed by atoms with Crippen molar-refractivity contribution in [3.05, 3.63) is 24.4 Å². The van der Waals surface area contributed by atoms with Gasteiger partial charge in [-0.25, -0.2) is 9.97 Å². The highest BCUT2D eigenvalue weighted by atomic mass is 16.5. The van der Waals surface area contributed by atoms with Crippen molar-refractivity contribution in [2.75, 3.05) is 51.0 Å². The highest BCUT2D eigenvalue weighted by Gasteiger charge is 2.24. The van der Waals surface area contributed by atoms with E-state index in [4.69, 9.17) is 20.2 Å². The molecule has 1 saturated heterocycles. The van der Waals surface area contributed by atoms with E-state index in [2.05, 4.69) is 26.8 Å². The average molecular weight is 466 g/mol. The number of hydrogen-bond donors (Lipinski definition) is 1. The van der Waals surface area contributed by atoms with Crippen molar-refractivity contribution in [2.24, 2.45) is 0 Å². The Labute approximate surface area is 199 Å². The Balaban J connectivity index is 1.59. The van der Waals surface area contributed by atoms with E-state index >= 15 is 0 Å². The van der Waals surface area contributed by atoms with Crippen LogP contribution in [0.4, 0.5) is 11.8 Å². The molecule has 1 aromatic carbocycles. The molecule has 0 spiro atoms. The van der Waals surface area contributed by atoms with E-state index in [1.165, 1.54) is 0 Å². The SMILES string of the molecule is CCCCCC(=O)N1CCN(c2nc(N)nc3ncc(-c4ccc(OC)c(OC)c4)nc23)CC1. The number of nitrogens with two attached hydrogens (primary N) is 1. The minimum atomic E-state index is 0.147. The summed E-state index contributed by atoms with van der Waals surface area (Å²) >= 11 is 0. The number of carbonyl (C=O) groups excluding carboxylic acids is 1. The van der Waals surface area contributed by atoms with E-state index < -0.39 is 0 Å². The standard InChI is InChI=1S/C24H31N7O3/c1-4-5-6-7-20(32)30-10-12-31(13-11-30)23-21-22(28-24(25)29-23)26-15-17(27-21)16-8-9-18(33-2)19(14-16)34-3/h8-9,14-15H,4-7,10-13H2,1-3H3,(H2,25,26,28,29). The van der Waals surface area contributed by atoms with Gasteiger partial charge in [-0.15, -0.1) is 0 Å². The second-order valence-corrected chi connectivity index (χ2v) is 8.23. The summed E-state index contributed by atoms with van der Waals surface area (Å²) in [5.74, 6) is 2.24. The maximum atomic E-state index is 12.5. The molecule has 1 aliphatic rings. The molecule has 1 amide bonds. The molecule has 0 saturated carbocycles. The van der Waals surface area contributed by atoms with Crippen molar-refractivity contribution in [3.8, 4) is 22.8 Å². The Morgan fingerprint density at radius 2 is 1.79 bits per heavy atom. The molecule has 2 aromatic heterocycles. The number of piperazine rings is 1. The molecule has 10 heteroatoms. The Bertz CT molecular complexity index is 1160. The number of hydrogen-bond acceptors (Lipinski definition) is 9. The third-order valence-electron chi connectivity index (χ3n) is 6.01. The highest BCUT2D eigenvalue weighted by molar-refractivity contribution is 5.86. The van der Waals surface area contributed by atoms with Gasteiger partial charge < -0.3 is 25.0 Å². The second-order valence-electron chi connectivity index (χ2n) is 8.23. The van der Waals surface area contributed by atoms with Crippen LogP contribution < -0.4 is 20.1 Å². The quantitative estimate of drug-likeness (QED) is 0.501. The van der Waals surface area contributed by atoms with Crippen molar-refractivity contribution in [2.45, 2.75) is 32.6 Å². The Hall–Kier alpha value is -3.69. The molecule has 180 valence electrons. The number of nitrogens with zero attached hydrogens (tertiary/aromatic N) is 6. The van der Waals surface area contributed by atoms with Gasteiger partial charge in [0, 0.05) is 38.2 Å². The zero-order chi connectivity index (χ0) is 24.1. The van der Waals surface area contributed by atoms with Gasteiger partial charge in [0.15, 0.2) is 28.5 Å². The molecule has 0 unspecified atom stereocenters. The number of benzene rings is 1. The van der Waals surface area contributed by atoms with Crippen LogP contribution in [0.15, 0.2) is 24.4 Å². The van der Waals surface area contributed by atoms with E-state index in [1.807, 2.05) is 23.1 Å². The molecule has 0 radical (unpaired) electrons. The van der Waals surface area contributed by atoms with Crippen LogP contribution in [-0.4, -0.2) is 71.1 Å². The number of fused-ring (bicyclic) bond motifs is 1. The molecular weight excluding hydrogens is 434 g/mol. The molecule has 1 aliphatic heterocycles. The number of carbonyl (C=O) groups is 1. The maximum Gasteiger partial charge on any atom is 0.224 e. The number of ether oxygens (including phenoxy) is 2. The maximum absolute atomic E-state index is 12.5. The van der Waals surface area contributed by atoms with E-state index in [0.717, 1.165) is 24.8 Å². The van der Waals surface area contributed by atoms with Gasteiger partial charge in [-0.3, -0.25) is 4.79 Å². The highest BCUT2D eigenvalue weighted by Crippen LogP contribution is 2.32. The van der Waals surface area contributed by atoms with Crippen LogP contribution in [0.25, 0.3) is 22.4 Å². The van der Waals surface area contributed by atoms with E-state index in [0.29, 0.717) is 66.8 Å². The number of aromatic nitrogens is 4. The first-order valence-corrected chi connectivity index (χ1v) is 11.6. The summed E-state index contributed by atoms with van der Waals surface area (Å²) < 4.78 is 10.8. The van der Waals surface area contributed by atoms with Crippen LogP contribution in [-0.2, 0) is 4.79 Å². The van der Waals surface area contributed by atoms with E-state index in [-0.39, 0.29) is 11.9 Å². The van der Waals surface area contributed by atoms with Gasteiger partial charge in [0.25, 0.3) is 0 Å². The molecule has 3 heterocycles. The van der Waals surface area contributed by atoms with Crippen LogP contribution in [0.2, 0.25) is 0 Å². The molecule has 0 aliphatic carbocycles. The van der Waals surface area contributed by atoms with Crippen molar-refractivity contribution >= 4 is 28.8 Å². The van der Waals surface area contributed by atoms with Gasteiger partial charge in [-0.1, -0.05) is 19.8 Å². The molecule has 4 rings (SSSR count). The Morgan fingerprint density at radius 1 is 1.03 bits per heavy atom. The third-order valence-corrected chi connectivity index (χ3v) is 6.01. The first kappa shape index (κ1) is 23.5. The number of unbranched alkanes of at least 4 members (excludes halogenated alkanes) is 2. The predicted molar refractivity (Wildman–Crippen MR) is 131 cm³/mol. The second kappa shape index (κ2) is 10.5. The number of rotatable bonds is 8. The van der Waals surface area contributed by atoms with Crippen molar-refractivity contribution in [3.63, 3.8) is 0 Å². The summed E-state index contributed by atoms with van der Waals surface area (Å²) in [5.41, 5.74) is 8.48. The number of methoxy groups -OCH3 is 2. The van der Waals surface area contributed by atoms with Gasteiger partial charge in [0.1, 0.15) is 0 Å². The van der Waals surface area contributed by atoms with E-state index in [9.17, 15) is 4.79 Å². The van der Waals surface area contributed by atoms with Crippen LogP contribution in [0.5, 0.6) is 11.5 Å². The van der Waals surface area contributed by atoms with Gasteiger partial charge in [0.2, 0.25) is 11.9 Å². The fourth-order valence-electron chi connectivity index (χ4n) is 4.12. The first-order valence-electron chi connectivity index (χ1n) is 11.6. The third kappa shape index (κ3) is 4.95. The summed E-state index contributed by atoms with van der Waals surface area (Å²) in [6.45, 7) is 4.71. The van der Waals surface area contributed by atoms with Gasteiger partial charge in [-0.05, 0) is 24.6 Å². The minimum Gasteiger partial charge on any atom is -0.493 e. The normalized spacial score (nSPS) is 13.9. The van der Waals surface area contributed by atoms with Crippen LogP contribution in [0.3, 0.4) is 0 Å². The molecular formula is C24H31N7O3. The predicted octanol–water partition coefficient (Wildman–Crippen LogP) is 2.92. The van der Waals surface area contributed by atoms with Crippen molar-refractivity contribution in [1.29, 1.82) is 0 Å². The van der Waals surface area contributed by atoms with E-state index in [1.54, 1.807) is 20.4 Å². The zero-order valence-corrected chi connectivity index (χ0v) is 20.0. The molecule has 2 N–H and O–H groups in total. The molecule has 1 fully saturated rings. The summed E-state index contributed by atoms with van der Waals surface area (Å²) in [5, 5.41) is 0. The molecule has 34 heavy (non-hydrogen) atoms. The summed E-state index contributed by atoms with van der Waals surface area (Å²) in [6.07, 6.45) is 5.40. The fraction of sp³-hybridized carbons (Fsp3) is 0.458. The van der Waals surface area contributed by atoms with Crippen molar-refractivity contribution < 1.29 is 14.3 Å². The average Bonchev–Trinajstić information content (AvgIpc) is 2.87. The Morgan fingerprint density at radius 3 is 2.50 bits per heavy atom. The van der Waals surface area contributed by atoms with Gasteiger partial charge in [0.05, 0.1) is 26.1 Å². The topological polar surface area (TPSA) is 120 Å². The number of amides is 1. The lowest BCUT2D eigenvalue weighted by Crippen LogP contribution is -2.49. The summed E-state index contributed by atoms with van der Waals surface area (Å²) in [4.78, 5) is 34.6. The van der Waals surface area contributed by atoms with Gasteiger partial charge in [-0.2, -0.15) is 9.97 Å². The summed E-state index contributed by atoms with van der Waals surface area (Å²) in [7, 11) is 3.19. The Kier molecular flexibility index (Phi) is 7.24. The molecule has 0 bridgehead atoms. The smallest absolute Gasteiger partial charge is 0.224 e. The fourth-order valence-corrected chi connectivity index (χ4v) is 4.12. The molecule has 10 nitrogen and oxygen atoms in total. The largest absolute Gasteiger partial charge is 0.493 e. The lowest BCUT2D eigenvalue weighted by atomic mass is 10.1. The van der Waals surface area contributed by atoms with Crippen molar-refractivity contribution in [1.82, 2.24) is 24.8 Å². The number of anilines is 2. The lowest BCUT2D eigenvalue weighted by molar-refractivity contribution is -0.131. The minimum absolute atomic E-state index is 0.147. The number of nitrogen functional groups attached to an aromatic ring is 1. The zero-order valence-electron chi connectivity index (χ0n) is 20.0. The molecule has 0 atom stereocenters.